The van der Waals surface area contributed by atoms with E-state index in [9.17, 15) is 9.59 Å². The molecule has 3 N–H and O–H groups in total. The summed E-state index contributed by atoms with van der Waals surface area (Å²) >= 11 is 0. The van der Waals surface area contributed by atoms with Crippen LogP contribution in [0, 0.1) is 5.92 Å². The van der Waals surface area contributed by atoms with Crippen LogP contribution in [0.1, 0.15) is 32.4 Å². The van der Waals surface area contributed by atoms with Gasteiger partial charge in [0.05, 0.1) is 13.2 Å². The molecule has 116 valence electrons. The molecule has 0 heterocycles. The van der Waals surface area contributed by atoms with Crippen molar-refractivity contribution in [1.29, 1.82) is 0 Å². The Hall–Kier alpha value is -2.24. The van der Waals surface area contributed by atoms with Crippen LogP contribution < -0.4 is 15.4 Å². The average Bonchev–Trinajstić information content (AvgIpc) is 2.44. The highest BCUT2D eigenvalue weighted by atomic mass is 16.5. The van der Waals surface area contributed by atoms with Gasteiger partial charge in [0.2, 0.25) is 5.91 Å². The second kappa shape index (κ2) is 7.52. The zero-order chi connectivity index (χ0) is 16.0. The molecule has 0 radical (unpaired) electrons. The molecule has 0 aliphatic rings. The van der Waals surface area contributed by atoms with Crippen molar-refractivity contribution in [3.05, 3.63) is 29.8 Å². The highest BCUT2D eigenvalue weighted by Crippen LogP contribution is 2.17. The number of methoxy groups -OCH3 is 1. The van der Waals surface area contributed by atoms with E-state index in [4.69, 9.17) is 9.84 Å². The van der Waals surface area contributed by atoms with Crippen LogP contribution in [0.2, 0.25) is 0 Å². The predicted octanol–water partition coefficient (Wildman–Crippen LogP) is 2.16. The molecule has 0 bridgehead atoms. The molecule has 2 unspecified atom stereocenters. The van der Waals surface area contributed by atoms with Crippen LogP contribution in [0.15, 0.2) is 24.3 Å². The average molecular weight is 294 g/mol. The topological polar surface area (TPSA) is 87.7 Å². The van der Waals surface area contributed by atoms with E-state index in [0.29, 0.717) is 0 Å². The molecule has 0 spiro atoms. The van der Waals surface area contributed by atoms with Gasteiger partial charge in [0.1, 0.15) is 11.8 Å². The number of amides is 2. The lowest BCUT2D eigenvalue weighted by Gasteiger charge is -2.23. The van der Waals surface area contributed by atoms with Gasteiger partial charge in [-0.2, -0.15) is 0 Å². The molecular formula is C15H22N2O4. The Morgan fingerprint density at radius 3 is 2.10 bits per heavy atom. The van der Waals surface area contributed by atoms with Crippen molar-refractivity contribution in [3.8, 4) is 5.75 Å². The van der Waals surface area contributed by atoms with Crippen LogP contribution in [-0.4, -0.2) is 30.3 Å². The minimum absolute atomic E-state index is 0.135. The number of rotatable bonds is 6. The summed E-state index contributed by atoms with van der Waals surface area (Å²) in [5, 5.41) is 13.8. The summed E-state index contributed by atoms with van der Waals surface area (Å²) < 4.78 is 5.08. The van der Waals surface area contributed by atoms with E-state index in [2.05, 4.69) is 10.6 Å². The number of carbonyl (C=O) groups is 2. The first kappa shape index (κ1) is 16.8. The molecule has 1 aromatic carbocycles. The Morgan fingerprint density at radius 1 is 1.10 bits per heavy atom. The zero-order valence-corrected chi connectivity index (χ0v) is 12.7. The van der Waals surface area contributed by atoms with Gasteiger partial charge >= 0.3 is 6.09 Å². The summed E-state index contributed by atoms with van der Waals surface area (Å²) in [5.41, 5.74) is 0.919. The highest BCUT2D eigenvalue weighted by Gasteiger charge is 2.25. The van der Waals surface area contributed by atoms with Crippen LogP contribution in [0.3, 0.4) is 0 Å². The molecule has 6 nitrogen and oxygen atoms in total. The minimum atomic E-state index is -1.21. The van der Waals surface area contributed by atoms with Gasteiger partial charge in [-0.05, 0) is 30.5 Å². The zero-order valence-electron chi connectivity index (χ0n) is 12.7. The largest absolute Gasteiger partial charge is 0.497 e. The number of nitrogens with one attached hydrogen (secondary N) is 2. The fourth-order valence-electron chi connectivity index (χ4n) is 1.95. The highest BCUT2D eigenvalue weighted by molar-refractivity contribution is 5.85. The van der Waals surface area contributed by atoms with Gasteiger partial charge in [0.25, 0.3) is 0 Å². The standard InChI is InChI=1S/C15H22N2O4/c1-9(2)13(17-15(19)20)14(18)16-10(3)11-5-7-12(21-4)8-6-11/h5-10,13,17H,1-4H3,(H,16,18)(H,19,20). The number of ether oxygens (including phenoxy) is 1. The summed E-state index contributed by atoms with van der Waals surface area (Å²) in [6.45, 7) is 5.42. The third-order valence-electron chi connectivity index (χ3n) is 3.20. The fourth-order valence-corrected chi connectivity index (χ4v) is 1.95. The summed E-state index contributed by atoms with van der Waals surface area (Å²) in [4.78, 5) is 22.9. The molecule has 2 atom stereocenters. The molecule has 6 heteroatoms. The van der Waals surface area contributed by atoms with E-state index in [-0.39, 0.29) is 17.9 Å². The van der Waals surface area contributed by atoms with E-state index in [1.165, 1.54) is 0 Å². The van der Waals surface area contributed by atoms with Gasteiger partial charge < -0.3 is 20.5 Å². The Bertz CT molecular complexity index is 485. The normalized spacial score (nSPS) is 13.4. The molecule has 0 aliphatic heterocycles. The van der Waals surface area contributed by atoms with Crippen molar-refractivity contribution < 1.29 is 19.4 Å². The molecule has 1 aromatic rings. The van der Waals surface area contributed by atoms with Crippen molar-refractivity contribution in [3.63, 3.8) is 0 Å². The van der Waals surface area contributed by atoms with Crippen LogP contribution in [-0.2, 0) is 4.79 Å². The first-order valence-electron chi connectivity index (χ1n) is 6.79. The molecule has 0 saturated carbocycles. The van der Waals surface area contributed by atoms with E-state index in [1.54, 1.807) is 21.0 Å². The van der Waals surface area contributed by atoms with Gasteiger partial charge in [-0.1, -0.05) is 26.0 Å². The molecular weight excluding hydrogens is 272 g/mol. The summed E-state index contributed by atoms with van der Waals surface area (Å²) in [5.74, 6) is 0.268. The Morgan fingerprint density at radius 2 is 1.67 bits per heavy atom. The van der Waals surface area contributed by atoms with E-state index in [1.807, 2.05) is 31.2 Å². The number of hydrogen-bond donors (Lipinski definition) is 3. The van der Waals surface area contributed by atoms with Crippen molar-refractivity contribution >= 4 is 12.0 Å². The minimum Gasteiger partial charge on any atom is -0.497 e. The van der Waals surface area contributed by atoms with Gasteiger partial charge in [-0.3, -0.25) is 4.79 Å². The van der Waals surface area contributed by atoms with Crippen molar-refractivity contribution in [1.82, 2.24) is 10.6 Å². The predicted molar refractivity (Wildman–Crippen MR) is 79.3 cm³/mol. The molecule has 2 amide bonds. The summed E-state index contributed by atoms with van der Waals surface area (Å²) in [6, 6.07) is 6.35. The molecule has 0 saturated heterocycles. The van der Waals surface area contributed by atoms with Crippen LogP contribution in [0.5, 0.6) is 5.75 Å². The molecule has 1 rings (SSSR count). The lowest BCUT2D eigenvalue weighted by atomic mass is 10.0. The quantitative estimate of drug-likeness (QED) is 0.750. The van der Waals surface area contributed by atoms with E-state index in [0.717, 1.165) is 11.3 Å². The van der Waals surface area contributed by atoms with Gasteiger partial charge in [0.15, 0.2) is 0 Å². The van der Waals surface area contributed by atoms with Crippen LogP contribution >= 0.6 is 0 Å². The summed E-state index contributed by atoms with van der Waals surface area (Å²) in [7, 11) is 1.59. The maximum Gasteiger partial charge on any atom is 0.405 e. The second-order valence-corrected chi connectivity index (χ2v) is 5.17. The molecule has 21 heavy (non-hydrogen) atoms. The fraction of sp³-hybridized carbons (Fsp3) is 0.467. The van der Waals surface area contributed by atoms with Crippen molar-refractivity contribution in [2.75, 3.05) is 7.11 Å². The molecule has 0 fully saturated rings. The Balaban J connectivity index is 2.72. The van der Waals surface area contributed by atoms with Crippen molar-refractivity contribution in [2.45, 2.75) is 32.9 Å². The SMILES string of the molecule is COc1ccc(C(C)NC(=O)C(NC(=O)O)C(C)C)cc1. The lowest BCUT2D eigenvalue weighted by Crippen LogP contribution is -2.49. The Kier molecular flexibility index (Phi) is 6.02. The van der Waals surface area contributed by atoms with Crippen molar-refractivity contribution in [2.24, 2.45) is 5.92 Å². The van der Waals surface area contributed by atoms with Gasteiger partial charge in [-0.15, -0.1) is 0 Å². The molecule has 0 aliphatic carbocycles. The second-order valence-electron chi connectivity index (χ2n) is 5.17. The molecule has 0 aromatic heterocycles. The first-order valence-corrected chi connectivity index (χ1v) is 6.79. The van der Waals surface area contributed by atoms with Gasteiger partial charge in [-0.25, -0.2) is 4.79 Å². The lowest BCUT2D eigenvalue weighted by molar-refractivity contribution is -0.124. The summed E-state index contributed by atoms with van der Waals surface area (Å²) in [6.07, 6.45) is -1.21. The first-order chi connectivity index (χ1) is 9.85. The van der Waals surface area contributed by atoms with Crippen LogP contribution in [0.4, 0.5) is 4.79 Å². The number of hydrogen-bond acceptors (Lipinski definition) is 3. The maximum atomic E-state index is 12.2. The van der Waals surface area contributed by atoms with E-state index >= 15 is 0 Å². The monoisotopic (exact) mass is 294 g/mol. The smallest absolute Gasteiger partial charge is 0.405 e. The third kappa shape index (κ3) is 4.98. The van der Waals surface area contributed by atoms with Crippen LogP contribution in [0.25, 0.3) is 0 Å². The number of carbonyl (C=O) groups excluding carboxylic acids is 1. The van der Waals surface area contributed by atoms with E-state index < -0.39 is 12.1 Å². The van der Waals surface area contributed by atoms with Gasteiger partial charge in [0, 0.05) is 0 Å². The number of benzene rings is 1. The third-order valence-corrected chi connectivity index (χ3v) is 3.20. The maximum absolute atomic E-state index is 12.2. The number of carboxylic acid groups (broad SMARTS) is 1. The Labute approximate surface area is 124 Å².